The first kappa shape index (κ1) is 20.6. The molecule has 1 aromatic heterocycles. The van der Waals surface area contributed by atoms with Crippen molar-refractivity contribution in [3.05, 3.63) is 59.4 Å². The van der Waals surface area contributed by atoms with Crippen LogP contribution in [0.3, 0.4) is 0 Å². The number of aromatic nitrogens is 1. The predicted octanol–water partition coefficient (Wildman–Crippen LogP) is 2.40. The van der Waals surface area contributed by atoms with Gasteiger partial charge in [0, 0.05) is 38.1 Å². The highest BCUT2D eigenvalue weighted by Crippen LogP contribution is 2.32. The smallest absolute Gasteiger partial charge is 0.249 e. The molecular weight excluding hydrogens is 398 g/mol. The molecule has 5 nitrogen and oxygen atoms in total. The minimum Gasteiger partial charge on any atom is -0.313 e. The van der Waals surface area contributed by atoms with E-state index in [-0.39, 0.29) is 38.1 Å². The quantitative estimate of drug-likeness (QED) is 0.622. The number of sulfonamides is 1. The Labute approximate surface area is 153 Å². The Hall–Kier alpha value is -1.75. The zero-order valence-electron chi connectivity index (χ0n) is 13.1. The summed E-state index contributed by atoms with van der Waals surface area (Å²) in [6.45, 7) is 0.252. The molecule has 0 saturated carbocycles. The number of benzene rings is 1. The van der Waals surface area contributed by atoms with E-state index < -0.39 is 44.2 Å². The Morgan fingerprint density at radius 2 is 1.81 bits per heavy atom. The number of nitrogens with zero attached hydrogens (tertiary/aromatic N) is 2. The molecule has 1 unspecified atom stereocenters. The summed E-state index contributed by atoms with van der Waals surface area (Å²) in [6, 6.07) is 2.33. The van der Waals surface area contributed by atoms with Gasteiger partial charge in [0.05, 0.1) is 6.04 Å². The second kappa shape index (κ2) is 7.87. The van der Waals surface area contributed by atoms with Gasteiger partial charge in [-0.25, -0.2) is 26.0 Å². The molecule has 3 rings (SSSR count). The van der Waals surface area contributed by atoms with Crippen molar-refractivity contribution in [3.8, 4) is 0 Å². The third-order valence-corrected chi connectivity index (χ3v) is 5.83. The summed E-state index contributed by atoms with van der Waals surface area (Å²) in [5.74, 6) is -7.43. The van der Waals surface area contributed by atoms with Crippen molar-refractivity contribution >= 4 is 22.4 Å². The summed E-state index contributed by atoms with van der Waals surface area (Å²) < 4.78 is 81.3. The lowest BCUT2D eigenvalue weighted by Crippen LogP contribution is -2.49. The molecule has 0 aliphatic carbocycles. The molecule has 11 heteroatoms. The van der Waals surface area contributed by atoms with Crippen LogP contribution >= 0.6 is 12.4 Å². The molecule has 0 amide bonds. The standard InChI is InChI=1S/C15H13F4N3O2S.ClH/c16-10-6-11(17)14(19)15(13(10)18)25(23,24)22-5-4-21-8-12(22)9-2-1-3-20-7-9;/h1-3,6-7,12,21H,4-5,8H2;1H. The Morgan fingerprint density at radius 3 is 2.38 bits per heavy atom. The largest absolute Gasteiger partial charge is 0.313 e. The van der Waals surface area contributed by atoms with Crippen molar-refractivity contribution in [2.24, 2.45) is 0 Å². The highest BCUT2D eigenvalue weighted by Gasteiger charge is 2.39. The molecule has 1 aromatic carbocycles. The van der Waals surface area contributed by atoms with Gasteiger partial charge in [-0.1, -0.05) is 6.07 Å². The van der Waals surface area contributed by atoms with Crippen molar-refractivity contribution in [3.63, 3.8) is 0 Å². The predicted molar refractivity (Wildman–Crippen MR) is 87.3 cm³/mol. The van der Waals surface area contributed by atoms with E-state index in [1.54, 1.807) is 12.1 Å². The van der Waals surface area contributed by atoms with Crippen LogP contribution in [0, 0.1) is 23.3 Å². The van der Waals surface area contributed by atoms with Gasteiger partial charge >= 0.3 is 0 Å². The molecule has 2 aromatic rings. The van der Waals surface area contributed by atoms with Crippen LogP contribution < -0.4 is 5.32 Å². The normalized spacial score (nSPS) is 18.4. The summed E-state index contributed by atoms with van der Waals surface area (Å²) in [5.41, 5.74) is 0.482. The van der Waals surface area contributed by atoms with Crippen LogP contribution in [0.25, 0.3) is 0 Å². The Kier molecular flexibility index (Phi) is 6.22. The van der Waals surface area contributed by atoms with Crippen LogP contribution in [0.5, 0.6) is 0 Å². The average molecular weight is 412 g/mol. The molecule has 142 valence electrons. The van der Waals surface area contributed by atoms with Gasteiger partial charge in [0.15, 0.2) is 28.2 Å². The van der Waals surface area contributed by atoms with E-state index in [1.165, 1.54) is 12.4 Å². The van der Waals surface area contributed by atoms with E-state index in [9.17, 15) is 26.0 Å². The maximum absolute atomic E-state index is 14.0. The van der Waals surface area contributed by atoms with E-state index in [2.05, 4.69) is 10.3 Å². The maximum atomic E-state index is 14.0. The van der Waals surface area contributed by atoms with Crippen LogP contribution in [0.15, 0.2) is 35.5 Å². The number of rotatable bonds is 3. The van der Waals surface area contributed by atoms with E-state index in [1.807, 2.05) is 0 Å². The summed E-state index contributed by atoms with van der Waals surface area (Å²) in [5, 5.41) is 2.97. The van der Waals surface area contributed by atoms with E-state index in [0.29, 0.717) is 5.56 Å². The monoisotopic (exact) mass is 411 g/mol. The molecular formula is C15H14ClF4N3O2S. The second-order valence-corrected chi connectivity index (χ2v) is 7.25. The minimum atomic E-state index is -4.83. The minimum absolute atomic E-state index is 0. The van der Waals surface area contributed by atoms with Crippen molar-refractivity contribution in [2.45, 2.75) is 10.9 Å². The maximum Gasteiger partial charge on any atom is 0.249 e. The lowest BCUT2D eigenvalue weighted by Gasteiger charge is -2.35. The van der Waals surface area contributed by atoms with E-state index in [0.717, 1.165) is 4.31 Å². The first-order chi connectivity index (χ1) is 11.8. The van der Waals surface area contributed by atoms with Gasteiger partial charge in [0.25, 0.3) is 0 Å². The fourth-order valence-corrected chi connectivity index (χ4v) is 4.47. The Balaban J connectivity index is 0.00000243. The lowest BCUT2D eigenvalue weighted by atomic mass is 10.1. The molecule has 1 saturated heterocycles. The third kappa shape index (κ3) is 3.54. The molecule has 1 fully saturated rings. The van der Waals surface area contributed by atoms with Crippen molar-refractivity contribution in [1.29, 1.82) is 0 Å². The number of halogens is 5. The molecule has 1 aliphatic heterocycles. The number of piperazine rings is 1. The van der Waals surface area contributed by atoms with Gasteiger partial charge in [0.2, 0.25) is 10.0 Å². The molecule has 1 atom stereocenters. The number of hydrogen-bond acceptors (Lipinski definition) is 4. The first-order valence-corrected chi connectivity index (χ1v) is 8.73. The molecule has 26 heavy (non-hydrogen) atoms. The number of hydrogen-bond donors (Lipinski definition) is 1. The van der Waals surface area contributed by atoms with Gasteiger partial charge in [-0.05, 0) is 11.6 Å². The van der Waals surface area contributed by atoms with Gasteiger partial charge < -0.3 is 5.32 Å². The van der Waals surface area contributed by atoms with Gasteiger partial charge in [-0.2, -0.15) is 4.31 Å². The summed E-state index contributed by atoms with van der Waals surface area (Å²) >= 11 is 0. The van der Waals surface area contributed by atoms with E-state index >= 15 is 0 Å². The summed E-state index contributed by atoms with van der Waals surface area (Å²) in [7, 11) is -4.83. The van der Waals surface area contributed by atoms with Gasteiger partial charge in [-0.3, -0.25) is 4.98 Å². The fourth-order valence-electron chi connectivity index (χ4n) is 2.73. The first-order valence-electron chi connectivity index (χ1n) is 7.29. The molecule has 0 bridgehead atoms. The highest BCUT2D eigenvalue weighted by molar-refractivity contribution is 7.89. The Morgan fingerprint density at radius 1 is 1.15 bits per heavy atom. The van der Waals surface area contributed by atoms with Crippen molar-refractivity contribution in [1.82, 2.24) is 14.6 Å². The van der Waals surface area contributed by atoms with Crippen LogP contribution in [0.1, 0.15) is 11.6 Å². The fraction of sp³-hybridized carbons (Fsp3) is 0.267. The second-order valence-electron chi connectivity index (χ2n) is 5.42. The van der Waals surface area contributed by atoms with E-state index in [4.69, 9.17) is 0 Å². The van der Waals surface area contributed by atoms with Crippen LogP contribution in [-0.2, 0) is 10.0 Å². The molecule has 0 spiro atoms. The van der Waals surface area contributed by atoms with Crippen molar-refractivity contribution in [2.75, 3.05) is 19.6 Å². The Bertz CT molecular complexity index is 873. The highest BCUT2D eigenvalue weighted by atomic mass is 35.5. The number of pyridine rings is 1. The van der Waals surface area contributed by atoms with Gasteiger partial charge in [-0.15, -0.1) is 12.4 Å². The zero-order chi connectivity index (χ0) is 18.2. The molecule has 1 aliphatic rings. The summed E-state index contributed by atoms with van der Waals surface area (Å²) in [6.07, 6.45) is 2.90. The van der Waals surface area contributed by atoms with Crippen LogP contribution in [0.4, 0.5) is 17.6 Å². The summed E-state index contributed by atoms with van der Waals surface area (Å²) in [4.78, 5) is 2.27. The van der Waals surface area contributed by atoms with Crippen LogP contribution in [-0.4, -0.2) is 37.3 Å². The average Bonchev–Trinajstić information content (AvgIpc) is 2.61. The molecule has 1 N–H and O–H groups in total. The zero-order valence-corrected chi connectivity index (χ0v) is 14.8. The topological polar surface area (TPSA) is 62.3 Å². The molecule has 0 radical (unpaired) electrons. The van der Waals surface area contributed by atoms with Crippen LogP contribution in [0.2, 0.25) is 0 Å². The SMILES string of the molecule is Cl.O=S(=O)(c1c(F)c(F)cc(F)c1F)N1CCNCC1c1cccnc1. The van der Waals surface area contributed by atoms with Crippen molar-refractivity contribution < 1.29 is 26.0 Å². The third-order valence-electron chi connectivity index (χ3n) is 3.90. The lowest BCUT2D eigenvalue weighted by molar-refractivity contribution is 0.268. The molecule has 2 heterocycles. The van der Waals surface area contributed by atoms with Gasteiger partial charge in [0.1, 0.15) is 0 Å². The number of nitrogens with one attached hydrogen (secondary N) is 1.